The van der Waals surface area contributed by atoms with E-state index < -0.39 is 31.7 Å². The van der Waals surface area contributed by atoms with Crippen LogP contribution in [-0.4, -0.2) is 18.4 Å². The maximum atomic E-state index is 12.8. The monoisotopic (exact) mass is 477 g/mol. The molecule has 0 fully saturated rings. The summed E-state index contributed by atoms with van der Waals surface area (Å²) in [5.74, 6) is 0.183. The van der Waals surface area contributed by atoms with E-state index in [1.807, 2.05) is 0 Å². The molecule has 0 atom stereocenters. The molecular formula is C18H12Cl2F3N3O3S. The van der Waals surface area contributed by atoms with E-state index in [4.69, 9.17) is 27.9 Å². The number of sulfonamides is 1. The van der Waals surface area contributed by atoms with Gasteiger partial charge in [0.05, 0.1) is 21.3 Å². The smallest absolute Gasteiger partial charge is 0.416 e. The average molecular weight is 478 g/mol. The van der Waals surface area contributed by atoms with Crippen molar-refractivity contribution in [3.8, 4) is 11.6 Å². The third kappa shape index (κ3) is 4.94. The van der Waals surface area contributed by atoms with Gasteiger partial charge in [0, 0.05) is 12.4 Å². The van der Waals surface area contributed by atoms with Gasteiger partial charge in [0.1, 0.15) is 10.6 Å². The van der Waals surface area contributed by atoms with Gasteiger partial charge in [0.15, 0.2) is 5.75 Å². The summed E-state index contributed by atoms with van der Waals surface area (Å²) in [7, 11) is -4.39. The van der Waals surface area contributed by atoms with Gasteiger partial charge >= 0.3 is 6.18 Å². The Labute approximate surface area is 179 Å². The molecule has 1 N–H and O–H groups in total. The van der Waals surface area contributed by atoms with Gasteiger partial charge in [0.25, 0.3) is 10.0 Å². The van der Waals surface area contributed by atoms with Crippen molar-refractivity contribution < 1.29 is 26.3 Å². The molecule has 12 heteroatoms. The van der Waals surface area contributed by atoms with Crippen LogP contribution in [0.15, 0.2) is 53.7 Å². The average Bonchev–Trinajstić information content (AvgIpc) is 2.64. The van der Waals surface area contributed by atoms with Crippen LogP contribution >= 0.6 is 23.2 Å². The Morgan fingerprint density at radius 3 is 2.47 bits per heavy atom. The SMILES string of the molecule is Cc1ncccc1Oc1ncc(Cl)cc1NS(=O)(=O)c1ccc(C(F)(F)F)cc1Cl. The lowest BCUT2D eigenvalue weighted by atomic mass is 10.2. The van der Waals surface area contributed by atoms with Crippen LogP contribution in [0.2, 0.25) is 10.0 Å². The number of halogens is 5. The number of anilines is 1. The van der Waals surface area contributed by atoms with Crippen LogP contribution in [0.5, 0.6) is 11.6 Å². The third-order valence-corrected chi connectivity index (χ3v) is 5.83. The molecule has 0 saturated heterocycles. The summed E-state index contributed by atoms with van der Waals surface area (Å²) in [6.45, 7) is 1.68. The second kappa shape index (κ2) is 8.29. The zero-order valence-electron chi connectivity index (χ0n) is 15.0. The van der Waals surface area contributed by atoms with Crippen molar-refractivity contribution in [2.75, 3.05) is 4.72 Å². The van der Waals surface area contributed by atoms with Gasteiger partial charge < -0.3 is 4.74 Å². The molecule has 30 heavy (non-hydrogen) atoms. The Morgan fingerprint density at radius 2 is 1.83 bits per heavy atom. The standard InChI is InChI=1S/C18H12Cl2F3N3O3S/c1-10-15(3-2-6-24-10)29-17-14(8-12(19)9-25-17)26-30(27,28)16-5-4-11(7-13(16)20)18(21,22)23/h2-9,26H,1H3. The predicted molar refractivity (Wildman–Crippen MR) is 106 cm³/mol. The van der Waals surface area contributed by atoms with Gasteiger partial charge in [0.2, 0.25) is 5.88 Å². The number of ether oxygens (including phenoxy) is 1. The number of alkyl halides is 3. The second-order valence-corrected chi connectivity index (χ2v) is 8.44. The van der Waals surface area contributed by atoms with Crippen molar-refractivity contribution in [3.05, 3.63) is 70.1 Å². The fourth-order valence-corrected chi connectivity index (χ4v) is 4.11. The molecule has 0 radical (unpaired) electrons. The van der Waals surface area contributed by atoms with Crippen molar-refractivity contribution in [1.82, 2.24) is 9.97 Å². The lowest BCUT2D eigenvalue weighted by molar-refractivity contribution is -0.137. The molecule has 0 aliphatic rings. The molecule has 0 unspecified atom stereocenters. The number of aromatic nitrogens is 2. The molecular weight excluding hydrogens is 466 g/mol. The molecule has 6 nitrogen and oxygen atoms in total. The van der Waals surface area contributed by atoms with Crippen LogP contribution in [0.4, 0.5) is 18.9 Å². The van der Waals surface area contributed by atoms with Crippen molar-refractivity contribution in [2.45, 2.75) is 18.0 Å². The van der Waals surface area contributed by atoms with Gasteiger partial charge in [-0.2, -0.15) is 13.2 Å². The highest BCUT2D eigenvalue weighted by Gasteiger charge is 2.32. The third-order valence-electron chi connectivity index (χ3n) is 3.78. The molecule has 0 aliphatic carbocycles. The van der Waals surface area contributed by atoms with E-state index in [1.165, 1.54) is 12.3 Å². The van der Waals surface area contributed by atoms with E-state index in [9.17, 15) is 21.6 Å². The first-order chi connectivity index (χ1) is 14.0. The Bertz CT molecular complexity index is 1200. The summed E-state index contributed by atoms with van der Waals surface area (Å²) >= 11 is 11.7. The Kier molecular flexibility index (Phi) is 6.11. The predicted octanol–water partition coefficient (Wildman–Crippen LogP) is 5.70. The first kappa shape index (κ1) is 22.1. The van der Waals surface area contributed by atoms with Crippen LogP contribution in [0.25, 0.3) is 0 Å². The van der Waals surface area contributed by atoms with Gasteiger partial charge in [-0.15, -0.1) is 0 Å². The van der Waals surface area contributed by atoms with E-state index in [2.05, 4.69) is 14.7 Å². The summed E-state index contributed by atoms with van der Waals surface area (Å²) in [5.41, 5.74) is -0.692. The lowest BCUT2D eigenvalue weighted by Gasteiger charge is -2.15. The molecule has 3 aromatic rings. The normalized spacial score (nSPS) is 11.9. The number of pyridine rings is 2. The molecule has 158 valence electrons. The molecule has 1 aromatic carbocycles. The van der Waals surface area contributed by atoms with E-state index in [0.717, 1.165) is 6.07 Å². The van der Waals surface area contributed by atoms with Gasteiger partial charge in [-0.25, -0.2) is 13.4 Å². The van der Waals surface area contributed by atoms with E-state index in [0.29, 0.717) is 23.6 Å². The number of benzene rings is 1. The summed E-state index contributed by atoms with van der Waals surface area (Å²) in [4.78, 5) is 7.47. The maximum Gasteiger partial charge on any atom is 0.416 e. The minimum atomic E-state index is -4.67. The molecule has 0 spiro atoms. The van der Waals surface area contributed by atoms with Crippen LogP contribution in [0.3, 0.4) is 0 Å². The van der Waals surface area contributed by atoms with E-state index >= 15 is 0 Å². The molecule has 0 amide bonds. The first-order valence-corrected chi connectivity index (χ1v) is 10.4. The van der Waals surface area contributed by atoms with Gasteiger partial charge in [-0.3, -0.25) is 9.71 Å². The minimum absolute atomic E-state index is 0.0986. The minimum Gasteiger partial charge on any atom is -0.435 e. The van der Waals surface area contributed by atoms with E-state index in [-0.39, 0.29) is 16.6 Å². The highest BCUT2D eigenvalue weighted by atomic mass is 35.5. The largest absolute Gasteiger partial charge is 0.435 e. The van der Waals surface area contributed by atoms with Crippen LogP contribution in [0.1, 0.15) is 11.3 Å². The molecule has 2 heterocycles. The van der Waals surface area contributed by atoms with Crippen molar-refractivity contribution in [2.24, 2.45) is 0 Å². The highest BCUT2D eigenvalue weighted by Crippen LogP contribution is 2.36. The number of nitrogens with one attached hydrogen (secondary N) is 1. The lowest BCUT2D eigenvalue weighted by Crippen LogP contribution is -2.15. The van der Waals surface area contributed by atoms with E-state index in [1.54, 1.807) is 25.3 Å². The summed E-state index contributed by atoms with van der Waals surface area (Å²) < 4.78 is 71.8. The number of hydrogen-bond acceptors (Lipinski definition) is 5. The quantitative estimate of drug-likeness (QED) is 0.509. The summed E-state index contributed by atoms with van der Waals surface area (Å²) in [6.07, 6.45) is -1.88. The van der Waals surface area contributed by atoms with Gasteiger partial charge in [-0.05, 0) is 43.3 Å². The van der Waals surface area contributed by atoms with Gasteiger partial charge in [-0.1, -0.05) is 23.2 Å². The maximum absolute atomic E-state index is 12.8. The van der Waals surface area contributed by atoms with Crippen molar-refractivity contribution >= 4 is 38.9 Å². The fraction of sp³-hybridized carbons (Fsp3) is 0.111. The zero-order valence-corrected chi connectivity index (χ0v) is 17.4. The van der Waals surface area contributed by atoms with Crippen LogP contribution in [0, 0.1) is 6.92 Å². The number of hydrogen-bond donors (Lipinski definition) is 1. The fourth-order valence-electron chi connectivity index (χ4n) is 2.36. The molecule has 0 bridgehead atoms. The summed E-state index contributed by atoms with van der Waals surface area (Å²) in [6, 6.07) is 6.37. The highest BCUT2D eigenvalue weighted by molar-refractivity contribution is 7.92. The molecule has 3 rings (SSSR count). The topological polar surface area (TPSA) is 81.2 Å². The van der Waals surface area contributed by atoms with Crippen molar-refractivity contribution in [1.29, 1.82) is 0 Å². The molecule has 2 aromatic heterocycles. The number of aryl methyl sites for hydroxylation is 1. The second-order valence-electron chi connectivity index (χ2n) is 5.94. The molecule has 0 aliphatic heterocycles. The first-order valence-electron chi connectivity index (χ1n) is 8.12. The zero-order chi connectivity index (χ0) is 22.1. The van der Waals surface area contributed by atoms with Crippen LogP contribution in [-0.2, 0) is 16.2 Å². The summed E-state index contributed by atoms with van der Waals surface area (Å²) in [5, 5.41) is -0.501. The van der Waals surface area contributed by atoms with Crippen LogP contribution < -0.4 is 9.46 Å². The van der Waals surface area contributed by atoms with Crippen molar-refractivity contribution in [3.63, 3.8) is 0 Å². The Morgan fingerprint density at radius 1 is 1.10 bits per heavy atom. The number of nitrogens with zero attached hydrogens (tertiary/aromatic N) is 2. The Hall–Kier alpha value is -2.56. The number of rotatable bonds is 5. The molecule has 0 saturated carbocycles. The Balaban J connectivity index is 1.97.